The Morgan fingerprint density at radius 3 is 2.33 bits per heavy atom. The maximum Gasteiger partial charge on any atom is 0.0944 e. The summed E-state index contributed by atoms with van der Waals surface area (Å²) in [5, 5.41) is 7.05. The predicted molar refractivity (Wildman–Crippen MR) is 62.7 cm³/mol. The molecule has 3 nitrogen and oxygen atoms in total. The normalized spacial score (nSPS) is 10.3. The fourth-order valence-corrected chi connectivity index (χ4v) is 1.44. The van der Waals surface area contributed by atoms with Gasteiger partial charge in [0.05, 0.1) is 5.69 Å². The van der Waals surface area contributed by atoms with Gasteiger partial charge in [0, 0.05) is 30.9 Å². The molecule has 0 amide bonds. The molecule has 0 N–H and O–H groups in total. The van der Waals surface area contributed by atoms with Crippen LogP contribution in [0.3, 0.4) is 0 Å². The van der Waals surface area contributed by atoms with Crippen molar-refractivity contribution in [2.75, 3.05) is 19.1 Å². The van der Waals surface area contributed by atoms with Crippen molar-refractivity contribution in [3.8, 4) is 11.3 Å². The van der Waals surface area contributed by atoms with Crippen molar-refractivity contribution in [3.05, 3.63) is 41.6 Å². The number of benzene rings is 1. The van der Waals surface area contributed by atoms with E-state index in [2.05, 4.69) is 5.10 Å². The second kappa shape index (κ2) is 3.95. The molecule has 0 unspecified atom stereocenters. The summed E-state index contributed by atoms with van der Waals surface area (Å²) < 4.78 is 0. The molecule has 0 atom stereocenters. The van der Waals surface area contributed by atoms with Gasteiger partial charge in [0.1, 0.15) is 0 Å². The average Bonchev–Trinajstić information content (AvgIpc) is 2.68. The van der Waals surface area contributed by atoms with Crippen LogP contribution < -0.4 is 5.01 Å². The third-order valence-corrected chi connectivity index (χ3v) is 2.38. The Kier molecular flexibility index (Phi) is 2.64. The number of rotatable bonds is 2. The van der Waals surface area contributed by atoms with Gasteiger partial charge in [-0.3, -0.25) is 0 Å². The van der Waals surface area contributed by atoms with Crippen LogP contribution in [0.1, 0.15) is 0 Å². The van der Waals surface area contributed by atoms with Crippen molar-refractivity contribution < 1.29 is 0 Å². The van der Waals surface area contributed by atoms with E-state index < -0.39 is 0 Å². The number of aromatic nitrogens is 2. The van der Waals surface area contributed by atoms with E-state index in [1.807, 2.05) is 55.6 Å². The minimum Gasteiger partial charge on any atom is -0.303 e. The Labute approximate surface area is 93.9 Å². The van der Waals surface area contributed by atoms with Gasteiger partial charge in [-0.15, -0.1) is 0 Å². The lowest BCUT2D eigenvalue weighted by atomic mass is 10.2. The number of hydrogen-bond donors (Lipinski definition) is 0. The molecule has 1 aromatic heterocycles. The third-order valence-electron chi connectivity index (χ3n) is 2.13. The van der Waals surface area contributed by atoms with Crippen LogP contribution in [-0.4, -0.2) is 24.0 Å². The lowest BCUT2D eigenvalue weighted by molar-refractivity contribution is 0.641. The van der Waals surface area contributed by atoms with Crippen LogP contribution in [0.5, 0.6) is 0 Å². The first-order valence-corrected chi connectivity index (χ1v) is 5.04. The molecule has 2 rings (SSSR count). The Bertz CT molecular complexity index is 445. The number of hydrogen-bond acceptors (Lipinski definition) is 2. The monoisotopic (exact) mass is 221 g/mol. The molecular formula is C11H12ClN3. The van der Waals surface area contributed by atoms with Gasteiger partial charge in [0.25, 0.3) is 0 Å². The zero-order chi connectivity index (χ0) is 10.8. The zero-order valence-corrected chi connectivity index (χ0v) is 9.44. The van der Waals surface area contributed by atoms with Gasteiger partial charge in [0.2, 0.25) is 0 Å². The van der Waals surface area contributed by atoms with E-state index >= 15 is 0 Å². The predicted octanol–water partition coefficient (Wildman–Crippen LogP) is 2.40. The Morgan fingerprint density at radius 2 is 1.80 bits per heavy atom. The summed E-state index contributed by atoms with van der Waals surface area (Å²) in [4.78, 5) is 1.78. The molecule has 0 fully saturated rings. The van der Waals surface area contributed by atoms with Gasteiger partial charge in [-0.1, -0.05) is 23.7 Å². The smallest absolute Gasteiger partial charge is 0.0944 e. The molecule has 0 aliphatic carbocycles. The molecule has 1 aromatic carbocycles. The minimum absolute atomic E-state index is 0.741. The van der Waals surface area contributed by atoms with Crippen LogP contribution in [0.25, 0.3) is 11.3 Å². The van der Waals surface area contributed by atoms with Crippen LogP contribution in [0.2, 0.25) is 5.02 Å². The highest BCUT2D eigenvalue weighted by molar-refractivity contribution is 6.30. The maximum absolute atomic E-state index is 5.82. The van der Waals surface area contributed by atoms with E-state index in [9.17, 15) is 0 Å². The molecule has 78 valence electrons. The van der Waals surface area contributed by atoms with E-state index in [1.165, 1.54) is 0 Å². The summed E-state index contributed by atoms with van der Waals surface area (Å²) in [6.45, 7) is 0. The maximum atomic E-state index is 5.82. The lowest BCUT2D eigenvalue weighted by Gasteiger charge is -2.10. The fraction of sp³-hybridized carbons (Fsp3) is 0.182. The summed E-state index contributed by atoms with van der Waals surface area (Å²) in [7, 11) is 3.89. The highest BCUT2D eigenvalue weighted by Gasteiger charge is 2.02. The van der Waals surface area contributed by atoms with E-state index in [0.29, 0.717) is 0 Å². The average molecular weight is 222 g/mol. The van der Waals surface area contributed by atoms with Gasteiger partial charge in [0.15, 0.2) is 0 Å². The minimum atomic E-state index is 0.741. The molecular weight excluding hydrogens is 210 g/mol. The number of halogens is 1. The van der Waals surface area contributed by atoms with Crippen molar-refractivity contribution in [1.82, 2.24) is 9.89 Å². The first-order chi connectivity index (χ1) is 7.16. The summed E-state index contributed by atoms with van der Waals surface area (Å²) >= 11 is 5.82. The first-order valence-electron chi connectivity index (χ1n) is 4.66. The van der Waals surface area contributed by atoms with Gasteiger partial charge in [-0.05, 0) is 18.2 Å². The van der Waals surface area contributed by atoms with Crippen LogP contribution in [-0.2, 0) is 0 Å². The number of nitrogens with zero attached hydrogens (tertiary/aromatic N) is 3. The van der Waals surface area contributed by atoms with Crippen LogP contribution in [0.15, 0.2) is 36.5 Å². The summed E-state index contributed by atoms with van der Waals surface area (Å²) in [6, 6.07) is 9.63. The zero-order valence-electron chi connectivity index (χ0n) is 8.68. The standard InChI is InChI=1S/C11H12ClN3/c1-14(2)15-8-7-11(13-15)9-3-5-10(12)6-4-9/h3-8H,1-2H3. The third kappa shape index (κ3) is 2.13. The summed E-state index contributed by atoms with van der Waals surface area (Å²) in [6.07, 6.45) is 1.92. The van der Waals surface area contributed by atoms with Crippen molar-refractivity contribution in [2.45, 2.75) is 0 Å². The van der Waals surface area contributed by atoms with Crippen molar-refractivity contribution >= 4 is 11.6 Å². The topological polar surface area (TPSA) is 21.1 Å². The molecule has 0 radical (unpaired) electrons. The van der Waals surface area contributed by atoms with Gasteiger partial charge < -0.3 is 5.01 Å². The van der Waals surface area contributed by atoms with Crippen molar-refractivity contribution in [2.24, 2.45) is 0 Å². The quantitative estimate of drug-likeness (QED) is 0.777. The van der Waals surface area contributed by atoms with E-state index in [-0.39, 0.29) is 0 Å². The van der Waals surface area contributed by atoms with Gasteiger partial charge in [-0.25, -0.2) is 0 Å². The summed E-state index contributed by atoms with van der Waals surface area (Å²) in [5.41, 5.74) is 2.01. The van der Waals surface area contributed by atoms with E-state index in [4.69, 9.17) is 11.6 Å². The Morgan fingerprint density at radius 1 is 1.13 bits per heavy atom. The van der Waals surface area contributed by atoms with E-state index in [1.54, 1.807) is 4.79 Å². The Hall–Kier alpha value is -1.48. The SMILES string of the molecule is CN(C)n1ccc(-c2ccc(Cl)cc2)n1. The molecule has 0 spiro atoms. The van der Waals surface area contributed by atoms with Crippen LogP contribution in [0, 0.1) is 0 Å². The van der Waals surface area contributed by atoms with Crippen LogP contribution >= 0.6 is 11.6 Å². The molecule has 15 heavy (non-hydrogen) atoms. The first kappa shape index (κ1) is 10.1. The molecule has 2 aromatic rings. The van der Waals surface area contributed by atoms with E-state index in [0.717, 1.165) is 16.3 Å². The van der Waals surface area contributed by atoms with Crippen molar-refractivity contribution in [1.29, 1.82) is 0 Å². The van der Waals surface area contributed by atoms with Crippen molar-refractivity contribution in [3.63, 3.8) is 0 Å². The molecule has 0 bridgehead atoms. The molecule has 0 saturated heterocycles. The highest BCUT2D eigenvalue weighted by atomic mass is 35.5. The molecule has 0 aliphatic rings. The fourth-order valence-electron chi connectivity index (χ4n) is 1.31. The lowest BCUT2D eigenvalue weighted by Crippen LogP contribution is -2.24. The molecule has 4 heteroatoms. The largest absolute Gasteiger partial charge is 0.303 e. The highest BCUT2D eigenvalue weighted by Crippen LogP contribution is 2.19. The summed E-state index contributed by atoms with van der Waals surface area (Å²) in [5.74, 6) is 0. The molecule has 0 saturated carbocycles. The molecule has 1 heterocycles. The Balaban J connectivity index is 2.33. The van der Waals surface area contributed by atoms with Gasteiger partial charge >= 0.3 is 0 Å². The second-order valence-electron chi connectivity index (χ2n) is 3.48. The second-order valence-corrected chi connectivity index (χ2v) is 3.91. The van der Waals surface area contributed by atoms with Crippen LogP contribution in [0.4, 0.5) is 0 Å². The molecule has 0 aliphatic heterocycles. The van der Waals surface area contributed by atoms with Gasteiger partial charge in [-0.2, -0.15) is 9.89 Å².